The number of carbonyl (C=O) groups is 2. The van der Waals surface area contributed by atoms with Crippen molar-refractivity contribution < 1.29 is 24.2 Å². The van der Waals surface area contributed by atoms with Crippen LogP contribution in [-0.2, 0) is 4.79 Å². The normalized spacial score (nSPS) is 22.6. The molecule has 1 heterocycles. The number of benzene rings is 1. The Kier molecular flexibility index (Phi) is 3.73. The van der Waals surface area contributed by atoms with E-state index in [2.05, 4.69) is 0 Å². The molecule has 1 amide bonds. The summed E-state index contributed by atoms with van der Waals surface area (Å²) in [6.07, 6.45) is -0.994. The number of carbonyl (C=O) groups excluding carboxylic acids is 2. The second kappa shape index (κ2) is 5.14. The molecule has 1 aliphatic heterocycles. The number of carboxylic acid groups (broad SMARTS) is 1. The van der Waals surface area contributed by atoms with Gasteiger partial charge in [0.2, 0.25) is 0 Å². The first-order valence-electron chi connectivity index (χ1n) is 5.55. The minimum atomic E-state index is -1.43. The number of rotatable bonds is 2. The Balaban J connectivity index is 2.27. The number of hydrogen-bond donors (Lipinski definition) is 1. The molecule has 19 heavy (non-hydrogen) atoms. The summed E-state index contributed by atoms with van der Waals surface area (Å²) in [4.78, 5) is 24.0. The summed E-state index contributed by atoms with van der Waals surface area (Å²) in [6.45, 7) is -0.105. The van der Waals surface area contributed by atoms with Gasteiger partial charge in [-0.2, -0.15) is 0 Å². The fourth-order valence-electron chi connectivity index (χ4n) is 2.06. The molecule has 5 nitrogen and oxygen atoms in total. The molecule has 1 fully saturated rings. The second-order valence-corrected chi connectivity index (χ2v) is 4.72. The van der Waals surface area contributed by atoms with Crippen molar-refractivity contribution in [1.82, 2.24) is 4.90 Å². The third-order valence-corrected chi connectivity index (χ3v) is 3.27. The van der Waals surface area contributed by atoms with Gasteiger partial charge in [-0.1, -0.05) is 11.6 Å². The van der Waals surface area contributed by atoms with Crippen LogP contribution >= 0.6 is 11.6 Å². The molecule has 0 spiro atoms. The van der Waals surface area contributed by atoms with E-state index in [0.29, 0.717) is 0 Å². The number of aliphatic hydroxyl groups is 1. The quantitative estimate of drug-likeness (QED) is 0.817. The Morgan fingerprint density at radius 1 is 1.47 bits per heavy atom. The summed E-state index contributed by atoms with van der Waals surface area (Å²) in [5, 5.41) is 20.1. The van der Waals surface area contributed by atoms with Crippen LogP contribution in [0.4, 0.5) is 4.39 Å². The average molecular weight is 287 g/mol. The van der Waals surface area contributed by atoms with Crippen molar-refractivity contribution in [2.45, 2.75) is 18.6 Å². The number of carboxylic acids is 1. The number of amides is 1. The Morgan fingerprint density at radius 2 is 2.16 bits per heavy atom. The largest absolute Gasteiger partial charge is 0.548 e. The van der Waals surface area contributed by atoms with Gasteiger partial charge in [-0.25, -0.2) is 4.39 Å². The summed E-state index contributed by atoms with van der Waals surface area (Å²) < 4.78 is 13.0. The molecule has 1 aromatic rings. The maximum Gasteiger partial charge on any atom is 0.254 e. The molecule has 1 aliphatic rings. The van der Waals surface area contributed by atoms with E-state index in [1.807, 2.05) is 0 Å². The minimum absolute atomic E-state index is 0.0618. The van der Waals surface area contributed by atoms with E-state index in [4.69, 9.17) is 11.6 Å². The van der Waals surface area contributed by atoms with Gasteiger partial charge in [0.25, 0.3) is 5.91 Å². The smallest absolute Gasteiger partial charge is 0.254 e. The fraction of sp³-hybridized carbons (Fsp3) is 0.333. The van der Waals surface area contributed by atoms with E-state index < -0.39 is 29.8 Å². The van der Waals surface area contributed by atoms with Crippen molar-refractivity contribution >= 4 is 23.5 Å². The van der Waals surface area contributed by atoms with Crippen molar-refractivity contribution in [3.8, 4) is 0 Å². The number of likely N-dealkylation sites (tertiary alicyclic amines) is 1. The SMILES string of the molecule is O=C([O-])[C@@H]1C[C@@H](O)CN1C(=O)c1ccc(F)c(Cl)c1. The molecule has 2 atom stereocenters. The van der Waals surface area contributed by atoms with E-state index >= 15 is 0 Å². The molecule has 1 N–H and O–H groups in total. The molecular weight excluding hydrogens is 277 g/mol. The summed E-state index contributed by atoms with van der Waals surface area (Å²) in [7, 11) is 0. The Labute approximate surface area is 113 Å². The number of halogens is 2. The van der Waals surface area contributed by atoms with Crippen molar-refractivity contribution in [1.29, 1.82) is 0 Å². The third kappa shape index (κ3) is 2.69. The predicted octanol–water partition coefficient (Wildman–Crippen LogP) is -0.196. The molecule has 0 aliphatic carbocycles. The monoisotopic (exact) mass is 286 g/mol. The first kappa shape index (κ1) is 13.8. The lowest BCUT2D eigenvalue weighted by Gasteiger charge is -2.25. The van der Waals surface area contributed by atoms with Gasteiger partial charge in [0.05, 0.1) is 23.1 Å². The second-order valence-electron chi connectivity index (χ2n) is 4.31. The summed E-state index contributed by atoms with van der Waals surface area (Å²) >= 11 is 5.57. The standard InChI is InChI=1S/C12H11ClFNO4/c13-8-3-6(1-2-9(8)14)11(17)15-5-7(16)4-10(15)12(18)19/h1-3,7,10,16H,4-5H2,(H,18,19)/p-1/t7-,10+/m1/s1. The number of hydrogen-bond acceptors (Lipinski definition) is 4. The fourth-order valence-corrected chi connectivity index (χ4v) is 2.24. The summed E-state index contributed by atoms with van der Waals surface area (Å²) in [5.74, 6) is -2.73. The topological polar surface area (TPSA) is 80.7 Å². The molecule has 1 aromatic carbocycles. The van der Waals surface area contributed by atoms with Crippen LogP contribution < -0.4 is 5.11 Å². The van der Waals surface area contributed by atoms with E-state index in [1.165, 1.54) is 6.07 Å². The maximum absolute atomic E-state index is 13.0. The molecular formula is C12H10ClFNO4-. The zero-order valence-corrected chi connectivity index (χ0v) is 10.4. The van der Waals surface area contributed by atoms with Crippen LogP contribution in [0.2, 0.25) is 5.02 Å². The zero-order valence-electron chi connectivity index (χ0n) is 9.68. The third-order valence-electron chi connectivity index (χ3n) is 2.98. The van der Waals surface area contributed by atoms with E-state index in [0.717, 1.165) is 17.0 Å². The predicted molar refractivity (Wildman–Crippen MR) is 61.9 cm³/mol. The first-order chi connectivity index (χ1) is 8.90. The van der Waals surface area contributed by atoms with Crippen LogP contribution in [-0.4, -0.2) is 40.6 Å². The molecule has 0 unspecified atom stereocenters. The lowest BCUT2D eigenvalue weighted by molar-refractivity contribution is -0.310. The number of aliphatic carboxylic acids is 1. The van der Waals surface area contributed by atoms with Gasteiger partial charge in [-0.15, -0.1) is 0 Å². The highest BCUT2D eigenvalue weighted by molar-refractivity contribution is 6.31. The van der Waals surface area contributed by atoms with Gasteiger partial charge in [-0.05, 0) is 18.2 Å². The summed E-state index contributed by atoms with van der Waals surface area (Å²) in [6, 6.07) is 2.17. The van der Waals surface area contributed by atoms with E-state index in [-0.39, 0.29) is 23.6 Å². The molecule has 1 saturated heterocycles. The zero-order chi connectivity index (χ0) is 14.2. The van der Waals surface area contributed by atoms with Gasteiger partial charge >= 0.3 is 0 Å². The Bertz CT molecular complexity index is 536. The minimum Gasteiger partial charge on any atom is -0.548 e. The molecule has 0 aromatic heterocycles. The van der Waals surface area contributed by atoms with Gasteiger partial charge in [0.15, 0.2) is 0 Å². The number of nitrogens with zero attached hydrogens (tertiary/aromatic N) is 1. The van der Waals surface area contributed by atoms with Crippen LogP contribution in [0.15, 0.2) is 18.2 Å². The lowest BCUT2D eigenvalue weighted by atomic mass is 10.1. The molecule has 7 heteroatoms. The summed E-state index contributed by atoms with van der Waals surface area (Å²) in [5.41, 5.74) is 0.0618. The van der Waals surface area contributed by atoms with Crippen molar-refractivity contribution in [2.75, 3.05) is 6.54 Å². The molecule has 0 bridgehead atoms. The lowest BCUT2D eigenvalue weighted by Crippen LogP contribution is -2.47. The Morgan fingerprint density at radius 3 is 2.74 bits per heavy atom. The highest BCUT2D eigenvalue weighted by Gasteiger charge is 2.35. The van der Waals surface area contributed by atoms with Crippen molar-refractivity contribution in [3.63, 3.8) is 0 Å². The number of aliphatic hydroxyl groups excluding tert-OH is 1. The van der Waals surface area contributed by atoms with Crippen molar-refractivity contribution in [3.05, 3.63) is 34.6 Å². The van der Waals surface area contributed by atoms with Crippen LogP contribution in [0, 0.1) is 5.82 Å². The molecule has 0 radical (unpaired) electrons. The van der Waals surface area contributed by atoms with Gasteiger partial charge in [0, 0.05) is 18.5 Å². The highest BCUT2D eigenvalue weighted by Crippen LogP contribution is 2.22. The van der Waals surface area contributed by atoms with Crippen LogP contribution in [0.1, 0.15) is 16.8 Å². The molecule has 2 rings (SSSR count). The Hall–Kier alpha value is -1.66. The van der Waals surface area contributed by atoms with Crippen LogP contribution in [0.3, 0.4) is 0 Å². The van der Waals surface area contributed by atoms with Crippen LogP contribution in [0.25, 0.3) is 0 Å². The molecule has 0 saturated carbocycles. The average Bonchev–Trinajstić information content (AvgIpc) is 2.74. The maximum atomic E-state index is 13.0. The van der Waals surface area contributed by atoms with Gasteiger partial charge in [-0.3, -0.25) is 4.79 Å². The molecule has 102 valence electrons. The number of β-amino-alcohol motifs (C(OH)–C–C–N with tert-alkyl or cyclic N) is 1. The van der Waals surface area contributed by atoms with Crippen LogP contribution in [0.5, 0.6) is 0 Å². The van der Waals surface area contributed by atoms with Crippen molar-refractivity contribution in [2.24, 2.45) is 0 Å². The van der Waals surface area contributed by atoms with Gasteiger partial charge < -0.3 is 19.9 Å². The first-order valence-corrected chi connectivity index (χ1v) is 5.93. The van der Waals surface area contributed by atoms with E-state index in [1.54, 1.807) is 0 Å². The highest BCUT2D eigenvalue weighted by atomic mass is 35.5. The van der Waals surface area contributed by atoms with E-state index in [9.17, 15) is 24.2 Å². The van der Waals surface area contributed by atoms with Gasteiger partial charge in [0.1, 0.15) is 5.82 Å².